The predicted molar refractivity (Wildman–Crippen MR) is 248 cm³/mol. The van der Waals surface area contributed by atoms with E-state index < -0.39 is 0 Å². The number of nitrogens with zero attached hydrogens (tertiary/aromatic N) is 3. The number of benzene rings is 10. The molecule has 0 amide bonds. The van der Waals surface area contributed by atoms with Gasteiger partial charge in [0.25, 0.3) is 0 Å². The molecule has 0 aliphatic rings. The van der Waals surface area contributed by atoms with Gasteiger partial charge in [-0.25, -0.2) is 9.97 Å². The van der Waals surface area contributed by atoms with E-state index in [2.05, 4.69) is 193 Å². The normalized spacial score (nSPS) is 11.7. The Morgan fingerprint density at radius 3 is 1.71 bits per heavy atom. The van der Waals surface area contributed by atoms with Gasteiger partial charge in [-0.2, -0.15) is 0 Å². The standard InChI is InChI=1S/C56H35N3/c1-3-15-37(16-4-1)51-35-52(58-56(57-51)38-17-5-2-6-18-38)41-27-30-48-49(34-41)45-21-10-9-20-44(45)47-24-13-23-43(55(47)48)40-28-31-54-50(33-40)46-22-11-12-25-53(46)59(54)42-29-26-36-14-7-8-19-39(36)32-42/h1-35H. The average Bonchev–Trinajstić information content (AvgIpc) is 3.65. The lowest BCUT2D eigenvalue weighted by Gasteiger charge is -2.16. The maximum absolute atomic E-state index is 5.19. The lowest BCUT2D eigenvalue weighted by molar-refractivity contribution is 1.18. The van der Waals surface area contributed by atoms with Crippen LogP contribution in [0.2, 0.25) is 0 Å². The third-order valence-electron chi connectivity index (χ3n) is 12.0. The van der Waals surface area contributed by atoms with Crippen LogP contribution in [0, 0.1) is 0 Å². The van der Waals surface area contributed by atoms with Crippen molar-refractivity contribution in [2.75, 3.05) is 0 Å². The summed E-state index contributed by atoms with van der Waals surface area (Å²) < 4.78 is 2.41. The molecule has 3 nitrogen and oxygen atoms in total. The molecule has 2 aromatic heterocycles. The summed E-state index contributed by atoms with van der Waals surface area (Å²) in [5, 5.41) is 12.3. The zero-order valence-corrected chi connectivity index (χ0v) is 32.0. The summed E-state index contributed by atoms with van der Waals surface area (Å²) in [6, 6.07) is 76.4. The zero-order valence-electron chi connectivity index (χ0n) is 32.0. The molecule has 0 unspecified atom stereocenters. The van der Waals surface area contributed by atoms with E-state index in [1.165, 1.54) is 76.0 Å². The molecule has 0 radical (unpaired) electrons. The molecular weight excluding hydrogens is 715 g/mol. The fourth-order valence-electron chi connectivity index (χ4n) is 9.21. The molecule has 274 valence electrons. The van der Waals surface area contributed by atoms with Crippen LogP contribution in [0.4, 0.5) is 0 Å². The molecule has 0 bridgehead atoms. The van der Waals surface area contributed by atoms with Crippen LogP contribution in [0.5, 0.6) is 0 Å². The second-order valence-electron chi connectivity index (χ2n) is 15.3. The Kier molecular flexibility index (Phi) is 7.54. The highest BCUT2D eigenvalue weighted by atomic mass is 15.0. The Hall–Kier alpha value is -7.88. The summed E-state index contributed by atoms with van der Waals surface area (Å²) in [5.41, 5.74) is 10.9. The lowest BCUT2D eigenvalue weighted by Crippen LogP contribution is -1.96. The molecule has 0 aliphatic carbocycles. The molecule has 10 aromatic carbocycles. The molecule has 2 heterocycles. The minimum Gasteiger partial charge on any atom is -0.309 e. The lowest BCUT2D eigenvalue weighted by atomic mass is 9.88. The second kappa shape index (κ2) is 13.4. The third-order valence-corrected chi connectivity index (χ3v) is 12.0. The van der Waals surface area contributed by atoms with E-state index in [1.807, 2.05) is 24.3 Å². The molecule has 59 heavy (non-hydrogen) atoms. The van der Waals surface area contributed by atoms with Crippen molar-refractivity contribution in [1.82, 2.24) is 14.5 Å². The average molecular weight is 750 g/mol. The molecule has 0 N–H and O–H groups in total. The second-order valence-corrected chi connectivity index (χ2v) is 15.3. The Balaban J connectivity index is 1.07. The molecular formula is C56H35N3. The van der Waals surface area contributed by atoms with Crippen LogP contribution >= 0.6 is 0 Å². The van der Waals surface area contributed by atoms with E-state index in [0.717, 1.165) is 33.8 Å². The highest BCUT2D eigenvalue weighted by Gasteiger charge is 2.18. The van der Waals surface area contributed by atoms with Gasteiger partial charge in [-0.1, -0.05) is 170 Å². The quantitative estimate of drug-likeness (QED) is 0.164. The number of rotatable bonds is 5. The van der Waals surface area contributed by atoms with Crippen LogP contribution in [-0.4, -0.2) is 14.5 Å². The van der Waals surface area contributed by atoms with Crippen molar-refractivity contribution in [1.29, 1.82) is 0 Å². The number of fused-ring (bicyclic) bond motifs is 10. The van der Waals surface area contributed by atoms with E-state index in [0.29, 0.717) is 5.82 Å². The third kappa shape index (κ3) is 5.44. The molecule has 0 aliphatic heterocycles. The number of hydrogen-bond acceptors (Lipinski definition) is 2. The highest BCUT2D eigenvalue weighted by Crippen LogP contribution is 2.43. The smallest absolute Gasteiger partial charge is 0.160 e. The predicted octanol–water partition coefficient (Wildman–Crippen LogP) is 14.9. The van der Waals surface area contributed by atoms with Gasteiger partial charge in [0.05, 0.1) is 22.4 Å². The Labute approximate surface area is 341 Å². The Bertz CT molecular complexity index is 3550. The molecule has 12 rings (SSSR count). The van der Waals surface area contributed by atoms with Crippen molar-refractivity contribution in [2.24, 2.45) is 0 Å². The number of para-hydroxylation sites is 1. The molecule has 0 spiro atoms. The van der Waals surface area contributed by atoms with Crippen molar-refractivity contribution in [3.05, 3.63) is 212 Å². The zero-order chi connectivity index (χ0) is 38.9. The van der Waals surface area contributed by atoms with Gasteiger partial charge in [0.15, 0.2) is 5.82 Å². The summed E-state index contributed by atoms with van der Waals surface area (Å²) in [5.74, 6) is 0.713. The highest BCUT2D eigenvalue weighted by molar-refractivity contribution is 6.29. The molecule has 0 saturated carbocycles. The van der Waals surface area contributed by atoms with Crippen molar-refractivity contribution in [3.8, 4) is 50.7 Å². The van der Waals surface area contributed by atoms with Crippen LogP contribution < -0.4 is 0 Å². The van der Waals surface area contributed by atoms with E-state index in [-0.39, 0.29) is 0 Å². The van der Waals surface area contributed by atoms with Gasteiger partial charge in [-0.15, -0.1) is 0 Å². The van der Waals surface area contributed by atoms with E-state index in [1.54, 1.807) is 0 Å². The fraction of sp³-hybridized carbons (Fsp3) is 0. The summed E-state index contributed by atoms with van der Waals surface area (Å²) >= 11 is 0. The van der Waals surface area contributed by atoms with Gasteiger partial charge < -0.3 is 4.57 Å². The van der Waals surface area contributed by atoms with Crippen LogP contribution in [0.25, 0.3) is 116 Å². The van der Waals surface area contributed by atoms with Crippen LogP contribution in [-0.2, 0) is 0 Å². The molecule has 3 heteroatoms. The SMILES string of the molecule is c1ccc(-c2cc(-c3ccc4c(c3)c3ccccc3c3cccc(-c5ccc6c(c5)c5ccccc5n6-c5ccc6ccccc6c5)c34)nc(-c3ccccc3)n2)cc1. The number of hydrogen-bond donors (Lipinski definition) is 0. The molecule has 0 fully saturated rings. The summed E-state index contributed by atoms with van der Waals surface area (Å²) in [7, 11) is 0. The van der Waals surface area contributed by atoms with E-state index >= 15 is 0 Å². The van der Waals surface area contributed by atoms with Crippen molar-refractivity contribution in [3.63, 3.8) is 0 Å². The van der Waals surface area contributed by atoms with Gasteiger partial charge in [-0.05, 0) is 96.7 Å². The van der Waals surface area contributed by atoms with Crippen LogP contribution in [0.3, 0.4) is 0 Å². The molecule has 0 atom stereocenters. The first-order valence-corrected chi connectivity index (χ1v) is 20.2. The summed E-state index contributed by atoms with van der Waals surface area (Å²) in [6.45, 7) is 0. The minimum atomic E-state index is 0.713. The molecule has 0 saturated heterocycles. The first-order chi connectivity index (χ1) is 29.2. The molecule has 12 aromatic rings. The number of aromatic nitrogens is 3. The topological polar surface area (TPSA) is 30.7 Å². The van der Waals surface area contributed by atoms with Gasteiger partial charge in [0.1, 0.15) is 0 Å². The van der Waals surface area contributed by atoms with Crippen molar-refractivity contribution >= 4 is 64.9 Å². The largest absolute Gasteiger partial charge is 0.309 e. The van der Waals surface area contributed by atoms with E-state index in [4.69, 9.17) is 9.97 Å². The van der Waals surface area contributed by atoms with Crippen molar-refractivity contribution in [2.45, 2.75) is 0 Å². The summed E-state index contributed by atoms with van der Waals surface area (Å²) in [6.07, 6.45) is 0. The fourth-order valence-corrected chi connectivity index (χ4v) is 9.21. The van der Waals surface area contributed by atoms with Crippen molar-refractivity contribution < 1.29 is 0 Å². The van der Waals surface area contributed by atoms with Gasteiger partial charge in [0, 0.05) is 33.2 Å². The first kappa shape index (κ1) is 33.3. The maximum Gasteiger partial charge on any atom is 0.160 e. The van der Waals surface area contributed by atoms with Crippen LogP contribution in [0.15, 0.2) is 212 Å². The van der Waals surface area contributed by atoms with Gasteiger partial charge >= 0.3 is 0 Å². The Morgan fingerprint density at radius 1 is 0.305 bits per heavy atom. The maximum atomic E-state index is 5.19. The van der Waals surface area contributed by atoms with Gasteiger partial charge in [-0.3, -0.25) is 0 Å². The van der Waals surface area contributed by atoms with E-state index in [9.17, 15) is 0 Å². The van der Waals surface area contributed by atoms with Gasteiger partial charge in [0.2, 0.25) is 0 Å². The first-order valence-electron chi connectivity index (χ1n) is 20.2. The minimum absolute atomic E-state index is 0.713. The summed E-state index contributed by atoms with van der Waals surface area (Å²) in [4.78, 5) is 10.2. The van der Waals surface area contributed by atoms with Crippen LogP contribution in [0.1, 0.15) is 0 Å². The monoisotopic (exact) mass is 749 g/mol. The Morgan fingerprint density at radius 2 is 0.898 bits per heavy atom.